The second kappa shape index (κ2) is 7.74. The van der Waals surface area contributed by atoms with E-state index in [0.29, 0.717) is 6.54 Å². The Kier molecular flexibility index (Phi) is 5.35. The molecule has 0 spiro atoms. The fourth-order valence-electron chi connectivity index (χ4n) is 4.53. The van der Waals surface area contributed by atoms with Gasteiger partial charge in [0.05, 0.1) is 0 Å². The lowest BCUT2D eigenvalue weighted by molar-refractivity contribution is -0.144. The van der Waals surface area contributed by atoms with Crippen molar-refractivity contribution in [2.45, 2.75) is 24.9 Å². The third kappa shape index (κ3) is 3.68. The highest BCUT2D eigenvalue weighted by atomic mass is 79.9. The van der Waals surface area contributed by atoms with E-state index < -0.39 is 5.54 Å². The van der Waals surface area contributed by atoms with Crippen LogP contribution in [0, 0.1) is 0 Å². The average Bonchev–Trinajstić information content (AvgIpc) is 3.09. The Bertz CT molecular complexity index is 807. The van der Waals surface area contributed by atoms with Crippen molar-refractivity contribution >= 4 is 21.8 Å². The first-order chi connectivity index (χ1) is 13.1. The Balaban J connectivity index is 1.61. The van der Waals surface area contributed by atoms with Gasteiger partial charge in [-0.05, 0) is 28.8 Å². The average molecular weight is 428 g/mol. The van der Waals surface area contributed by atoms with E-state index in [0.717, 1.165) is 49.1 Å². The highest BCUT2D eigenvalue weighted by Crippen LogP contribution is 2.36. The Hall–Kier alpha value is -1.69. The van der Waals surface area contributed by atoms with Crippen molar-refractivity contribution < 1.29 is 4.79 Å². The van der Waals surface area contributed by atoms with Crippen LogP contribution in [0.3, 0.4) is 0 Å². The lowest BCUT2D eigenvalue weighted by Crippen LogP contribution is -2.63. The normalized spacial score (nSPS) is 18.9. The van der Waals surface area contributed by atoms with Crippen molar-refractivity contribution in [2.75, 3.05) is 33.2 Å². The summed E-state index contributed by atoms with van der Waals surface area (Å²) in [4.78, 5) is 18.1. The molecule has 27 heavy (non-hydrogen) atoms. The molecule has 2 aromatic rings. The number of halogens is 1. The zero-order valence-corrected chi connectivity index (χ0v) is 17.3. The van der Waals surface area contributed by atoms with E-state index in [-0.39, 0.29) is 5.91 Å². The van der Waals surface area contributed by atoms with Gasteiger partial charge >= 0.3 is 0 Å². The molecule has 1 saturated heterocycles. The van der Waals surface area contributed by atoms with Gasteiger partial charge in [-0.1, -0.05) is 52.3 Å². The van der Waals surface area contributed by atoms with Crippen LogP contribution < -0.4 is 5.32 Å². The third-order valence-electron chi connectivity index (χ3n) is 5.86. The van der Waals surface area contributed by atoms with Gasteiger partial charge in [0, 0.05) is 57.1 Å². The summed E-state index contributed by atoms with van der Waals surface area (Å²) >= 11 is 3.53. The lowest BCUT2D eigenvalue weighted by Gasteiger charge is -2.44. The van der Waals surface area contributed by atoms with Crippen molar-refractivity contribution in [1.82, 2.24) is 15.1 Å². The predicted octanol–water partition coefficient (Wildman–Crippen LogP) is 2.85. The topological polar surface area (TPSA) is 35.6 Å². The summed E-state index contributed by atoms with van der Waals surface area (Å²) in [6.07, 6.45) is 1.62. The van der Waals surface area contributed by atoms with Gasteiger partial charge < -0.3 is 10.2 Å². The summed E-state index contributed by atoms with van der Waals surface area (Å²) in [7, 11) is 1.94. The van der Waals surface area contributed by atoms with Crippen LogP contribution in [0.5, 0.6) is 0 Å². The van der Waals surface area contributed by atoms with Gasteiger partial charge in [-0.25, -0.2) is 0 Å². The van der Waals surface area contributed by atoms with Crippen LogP contribution in [0.15, 0.2) is 53.0 Å². The number of nitrogens with one attached hydrogen (secondary N) is 1. The molecule has 4 nitrogen and oxygen atoms in total. The second-order valence-corrected chi connectivity index (χ2v) is 8.60. The molecule has 0 unspecified atom stereocenters. The number of benzene rings is 2. The monoisotopic (exact) mass is 427 g/mol. The largest absolute Gasteiger partial charge is 0.340 e. The Morgan fingerprint density at radius 3 is 2.41 bits per heavy atom. The molecule has 0 saturated carbocycles. The standard InChI is InChI=1S/C22H26BrN3O/c1-25(16-17-5-4-8-20(23)13-17)21(27)22(26-11-9-24-10-12-26)14-18-6-2-3-7-19(18)15-22/h2-8,13,24H,9-12,14-16H2,1H3. The maximum absolute atomic E-state index is 13.8. The van der Waals surface area contributed by atoms with Crippen LogP contribution in [0.2, 0.25) is 0 Å². The molecule has 2 aromatic carbocycles. The number of fused-ring (bicyclic) bond motifs is 1. The van der Waals surface area contributed by atoms with Gasteiger partial charge in [0.1, 0.15) is 5.54 Å². The molecule has 0 radical (unpaired) electrons. The number of likely N-dealkylation sites (N-methyl/N-ethyl adjacent to an activating group) is 1. The van der Waals surface area contributed by atoms with E-state index in [1.807, 2.05) is 24.1 Å². The molecule has 0 aromatic heterocycles. The number of carbonyl (C=O) groups excluding carboxylic acids is 1. The second-order valence-electron chi connectivity index (χ2n) is 7.68. The maximum atomic E-state index is 13.8. The minimum Gasteiger partial charge on any atom is -0.340 e. The summed E-state index contributed by atoms with van der Waals surface area (Å²) in [5, 5.41) is 3.42. The van der Waals surface area contributed by atoms with Crippen molar-refractivity contribution in [2.24, 2.45) is 0 Å². The van der Waals surface area contributed by atoms with E-state index in [4.69, 9.17) is 0 Å². The Morgan fingerprint density at radius 2 is 1.78 bits per heavy atom. The summed E-state index contributed by atoms with van der Waals surface area (Å²) in [6.45, 7) is 4.36. The molecule has 1 amide bonds. The van der Waals surface area contributed by atoms with Crippen LogP contribution in [-0.4, -0.2) is 54.5 Å². The first-order valence-electron chi connectivity index (χ1n) is 9.61. The molecule has 1 heterocycles. The highest BCUT2D eigenvalue weighted by molar-refractivity contribution is 9.10. The summed E-state index contributed by atoms with van der Waals surface area (Å²) in [5.41, 5.74) is 3.33. The zero-order valence-electron chi connectivity index (χ0n) is 15.7. The summed E-state index contributed by atoms with van der Waals surface area (Å²) in [6, 6.07) is 16.7. The van der Waals surface area contributed by atoms with Gasteiger partial charge in [-0.15, -0.1) is 0 Å². The fourth-order valence-corrected chi connectivity index (χ4v) is 4.98. The Labute approximate surface area is 169 Å². The maximum Gasteiger partial charge on any atom is 0.243 e. The van der Waals surface area contributed by atoms with Crippen molar-refractivity contribution in [3.63, 3.8) is 0 Å². The molecule has 1 aliphatic carbocycles. The van der Waals surface area contributed by atoms with E-state index in [9.17, 15) is 4.79 Å². The highest BCUT2D eigenvalue weighted by Gasteiger charge is 2.49. The van der Waals surface area contributed by atoms with Gasteiger partial charge in [0.2, 0.25) is 5.91 Å². The van der Waals surface area contributed by atoms with Gasteiger partial charge in [-0.3, -0.25) is 9.69 Å². The number of hydrogen-bond acceptors (Lipinski definition) is 3. The molecule has 1 N–H and O–H groups in total. The summed E-state index contributed by atoms with van der Waals surface area (Å²) < 4.78 is 1.05. The third-order valence-corrected chi connectivity index (χ3v) is 6.35. The smallest absolute Gasteiger partial charge is 0.243 e. The van der Waals surface area contributed by atoms with E-state index in [1.54, 1.807) is 0 Å². The minimum absolute atomic E-state index is 0.237. The van der Waals surface area contributed by atoms with Gasteiger partial charge in [0.25, 0.3) is 0 Å². The van der Waals surface area contributed by atoms with Crippen LogP contribution >= 0.6 is 15.9 Å². The quantitative estimate of drug-likeness (QED) is 0.814. The zero-order chi connectivity index (χ0) is 18.9. The lowest BCUT2D eigenvalue weighted by atomic mass is 9.90. The number of amides is 1. The SMILES string of the molecule is CN(Cc1cccc(Br)c1)C(=O)C1(N2CCNCC2)Cc2ccccc2C1. The van der Waals surface area contributed by atoms with Crippen LogP contribution in [0.4, 0.5) is 0 Å². The fraction of sp³-hybridized carbons (Fsp3) is 0.409. The Morgan fingerprint density at radius 1 is 1.11 bits per heavy atom. The molecule has 2 aliphatic rings. The van der Waals surface area contributed by atoms with Crippen molar-refractivity contribution in [3.05, 3.63) is 69.7 Å². The van der Waals surface area contributed by atoms with Crippen molar-refractivity contribution in [3.8, 4) is 0 Å². The first-order valence-corrected chi connectivity index (χ1v) is 10.4. The van der Waals surface area contributed by atoms with Crippen LogP contribution in [0.1, 0.15) is 16.7 Å². The van der Waals surface area contributed by atoms with Crippen LogP contribution in [0.25, 0.3) is 0 Å². The molecule has 1 fully saturated rings. The first kappa shape index (κ1) is 18.7. The molecule has 0 bridgehead atoms. The van der Waals surface area contributed by atoms with Gasteiger partial charge in [-0.2, -0.15) is 0 Å². The minimum atomic E-state index is -0.452. The van der Waals surface area contributed by atoms with Gasteiger partial charge in [0.15, 0.2) is 0 Å². The number of rotatable bonds is 4. The molecule has 142 valence electrons. The molecule has 1 aliphatic heterocycles. The number of piperazine rings is 1. The molecule has 0 atom stereocenters. The molecule has 4 rings (SSSR count). The number of nitrogens with zero attached hydrogens (tertiary/aromatic N) is 2. The van der Waals surface area contributed by atoms with E-state index in [1.165, 1.54) is 11.1 Å². The molecular formula is C22H26BrN3O. The molecular weight excluding hydrogens is 402 g/mol. The van der Waals surface area contributed by atoms with Crippen LogP contribution in [-0.2, 0) is 24.2 Å². The molecule has 5 heteroatoms. The van der Waals surface area contributed by atoms with Crippen molar-refractivity contribution in [1.29, 1.82) is 0 Å². The number of hydrogen-bond donors (Lipinski definition) is 1. The number of carbonyl (C=O) groups is 1. The summed E-state index contributed by atoms with van der Waals surface area (Å²) in [5.74, 6) is 0.237. The van der Waals surface area contributed by atoms with E-state index >= 15 is 0 Å². The van der Waals surface area contributed by atoms with E-state index in [2.05, 4.69) is 62.5 Å². The predicted molar refractivity (Wildman–Crippen MR) is 112 cm³/mol.